The molecule has 0 fully saturated rings. The Morgan fingerprint density at radius 3 is 2.88 bits per heavy atom. The third-order valence-electron chi connectivity index (χ3n) is 4.49. The van der Waals surface area contributed by atoms with Crippen molar-refractivity contribution in [2.75, 3.05) is 0 Å². The zero-order valence-corrected chi connectivity index (χ0v) is 15.1. The number of hydrogen-bond donors (Lipinski definition) is 2. The average Bonchev–Trinajstić information content (AvgIpc) is 2.62. The molecule has 3 atom stereocenters. The maximum Gasteiger partial charge on any atom is 0.180 e. The molecule has 132 valence electrons. The zero-order chi connectivity index (χ0) is 18.4. The number of carbonyl (C=O) groups excluding carboxylic acids is 1. The van der Waals surface area contributed by atoms with Crippen LogP contribution in [0.25, 0.3) is 0 Å². The fourth-order valence-electron chi connectivity index (χ4n) is 2.94. The van der Waals surface area contributed by atoms with E-state index < -0.39 is 12.1 Å². The first-order valence-electron chi connectivity index (χ1n) is 8.53. The number of ketones is 1. The number of hydrogen-bond acceptors (Lipinski definition) is 4. The first-order chi connectivity index (χ1) is 12.0. The van der Waals surface area contributed by atoms with Crippen LogP contribution >= 0.6 is 0 Å². The lowest BCUT2D eigenvalue weighted by Gasteiger charge is -2.31. The van der Waals surface area contributed by atoms with Crippen LogP contribution in [0.3, 0.4) is 0 Å². The van der Waals surface area contributed by atoms with Gasteiger partial charge >= 0.3 is 0 Å². The molecule has 0 saturated carbocycles. The van der Waals surface area contributed by atoms with E-state index in [0.717, 1.165) is 11.1 Å². The Balaban J connectivity index is 2.07. The first-order valence-corrected chi connectivity index (χ1v) is 8.53. The summed E-state index contributed by atoms with van der Waals surface area (Å²) in [5.41, 5.74) is 3.21. The van der Waals surface area contributed by atoms with Crippen molar-refractivity contribution in [1.82, 2.24) is 5.32 Å². The van der Waals surface area contributed by atoms with Crippen LogP contribution in [0.4, 0.5) is 0 Å². The van der Waals surface area contributed by atoms with Gasteiger partial charge in [-0.25, -0.2) is 0 Å². The summed E-state index contributed by atoms with van der Waals surface area (Å²) in [4.78, 5) is 16.8. The average molecular weight is 338 g/mol. The van der Waals surface area contributed by atoms with Crippen LogP contribution in [0, 0.1) is 0 Å². The molecule has 0 bridgehead atoms. The molecule has 4 heteroatoms. The number of rotatable bonds is 6. The number of aliphatic hydroxyl groups is 1. The summed E-state index contributed by atoms with van der Waals surface area (Å²) >= 11 is 0. The molecular weight excluding hydrogens is 312 g/mol. The number of aliphatic imine (C=N–C) groups is 1. The molecule has 0 aliphatic heterocycles. The lowest BCUT2D eigenvalue weighted by atomic mass is 9.84. The normalized spacial score (nSPS) is 22.4. The summed E-state index contributed by atoms with van der Waals surface area (Å²) in [6.45, 7) is 9.97. The van der Waals surface area contributed by atoms with Gasteiger partial charge in [-0.1, -0.05) is 36.9 Å². The predicted molar refractivity (Wildman–Crippen MR) is 103 cm³/mol. The molecule has 25 heavy (non-hydrogen) atoms. The molecule has 2 N–H and O–H groups in total. The minimum absolute atomic E-state index is 0.0248. The topological polar surface area (TPSA) is 61.7 Å². The Hall–Kier alpha value is -2.30. The van der Waals surface area contributed by atoms with E-state index in [1.807, 2.05) is 51.1 Å². The molecule has 0 amide bonds. The molecule has 1 aromatic rings. The second-order valence-electron chi connectivity index (χ2n) is 6.30. The van der Waals surface area contributed by atoms with Gasteiger partial charge in [0.2, 0.25) is 0 Å². The smallest absolute Gasteiger partial charge is 0.180 e. The molecule has 0 radical (unpaired) electrons. The van der Waals surface area contributed by atoms with E-state index in [4.69, 9.17) is 0 Å². The van der Waals surface area contributed by atoms with Gasteiger partial charge in [0.15, 0.2) is 5.78 Å². The monoisotopic (exact) mass is 338 g/mol. The van der Waals surface area contributed by atoms with Gasteiger partial charge in [-0.3, -0.25) is 9.79 Å². The SMILES string of the molecule is C=C(\C(C)=C/C=N\C=C/C)C(C)N[C@H]1CC(O)c2ccccc2C1=O. The van der Waals surface area contributed by atoms with Crippen LogP contribution < -0.4 is 5.32 Å². The summed E-state index contributed by atoms with van der Waals surface area (Å²) in [5, 5.41) is 13.6. The predicted octanol–water partition coefficient (Wildman–Crippen LogP) is 3.76. The van der Waals surface area contributed by atoms with Crippen molar-refractivity contribution < 1.29 is 9.90 Å². The Kier molecular flexibility index (Phi) is 6.62. The molecule has 0 saturated heterocycles. The summed E-state index contributed by atoms with van der Waals surface area (Å²) in [6, 6.07) is 6.76. The molecule has 1 aliphatic rings. The van der Waals surface area contributed by atoms with Crippen molar-refractivity contribution >= 4 is 12.0 Å². The minimum atomic E-state index is -0.628. The maximum atomic E-state index is 12.7. The Morgan fingerprint density at radius 1 is 1.44 bits per heavy atom. The van der Waals surface area contributed by atoms with Crippen molar-refractivity contribution in [3.8, 4) is 0 Å². The number of benzene rings is 1. The van der Waals surface area contributed by atoms with Crippen LogP contribution in [0.5, 0.6) is 0 Å². The molecule has 2 rings (SSSR count). The molecule has 4 nitrogen and oxygen atoms in total. The Labute approximate surface area is 149 Å². The summed E-state index contributed by atoms with van der Waals surface area (Å²) < 4.78 is 0. The molecule has 0 spiro atoms. The van der Waals surface area contributed by atoms with Crippen LogP contribution in [-0.2, 0) is 0 Å². The van der Waals surface area contributed by atoms with Gasteiger partial charge in [0.25, 0.3) is 0 Å². The van der Waals surface area contributed by atoms with Crippen LogP contribution in [0.1, 0.15) is 49.2 Å². The number of aliphatic hydroxyl groups excluding tert-OH is 1. The Bertz CT molecular complexity index is 731. The zero-order valence-electron chi connectivity index (χ0n) is 15.1. The van der Waals surface area contributed by atoms with E-state index in [1.54, 1.807) is 18.5 Å². The standard InChI is InChI=1S/C21H26N2O2/c1-5-11-22-12-10-14(2)15(3)16(4)23-19-13-20(24)17-8-6-7-9-18(17)21(19)25/h5-12,16,19-20,23-24H,3,13H2,1-2,4H3/b11-5-,14-10-,22-12-/t16?,19-,20?/m0/s1. The van der Waals surface area contributed by atoms with Gasteiger partial charge in [-0.2, -0.15) is 0 Å². The van der Waals surface area contributed by atoms with Crippen LogP contribution in [-0.4, -0.2) is 29.2 Å². The van der Waals surface area contributed by atoms with Crippen molar-refractivity contribution in [1.29, 1.82) is 0 Å². The summed E-state index contributed by atoms with van der Waals surface area (Å²) in [6.07, 6.45) is 6.94. The van der Waals surface area contributed by atoms with Crippen molar-refractivity contribution in [2.24, 2.45) is 4.99 Å². The number of nitrogens with one attached hydrogen (secondary N) is 1. The quantitative estimate of drug-likeness (QED) is 0.613. The highest BCUT2D eigenvalue weighted by Gasteiger charge is 2.33. The number of allylic oxidation sites excluding steroid dienone is 2. The van der Waals surface area contributed by atoms with E-state index in [0.29, 0.717) is 17.5 Å². The van der Waals surface area contributed by atoms with Crippen molar-refractivity contribution in [3.05, 3.63) is 71.5 Å². The second kappa shape index (κ2) is 8.70. The molecule has 1 aliphatic carbocycles. The minimum Gasteiger partial charge on any atom is -0.388 e. The fraction of sp³-hybridized carbons (Fsp3) is 0.333. The number of carbonyl (C=O) groups is 1. The third kappa shape index (κ3) is 4.62. The van der Waals surface area contributed by atoms with Gasteiger partial charge in [0, 0.05) is 30.4 Å². The van der Waals surface area contributed by atoms with Crippen LogP contribution in [0.15, 0.2) is 65.3 Å². The lowest BCUT2D eigenvalue weighted by Crippen LogP contribution is -2.46. The fourth-order valence-corrected chi connectivity index (χ4v) is 2.94. The highest BCUT2D eigenvalue weighted by Crippen LogP contribution is 2.30. The molecule has 0 heterocycles. The molecule has 2 unspecified atom stereocenters. The maximum absolute atomic E-state index is 12.7. The van der Waals surface area contributed by atoms with Crippen LogP contribution in [0.2, 0.25) is 0 Å². The Morgan fingerprint density at radius 2 is 2.16 bits per heavy atom. The number of Topliss-reactive ketones (excluding diaryl/α,β-unsaturated/α-hetero) is 1. The molecule has 1 aromatic carbocycles. The largest absolute Gasteiger partial charge is 0.388 e. The van der Waals surface area contributed by atoms with Gasteiger partial charge < -0.3 is 10.4 Å². The summed E-state index contributed by atoms with van der Waals surface area (Å²) in [5.74, 6) is 0.0248. The van der Waals surface area contributed by atoms with Crippen molar-refractivity contribution in [2.45, 2.75) is 45.4 Å². The van der Waals surface area contributed by atoms with E-state index in [-0.39, 0.29) is 11.8 Å². The second-order valence-corrected chi connectivity index (χ2v) is 6.30. The van der Waals surface area contributed by atoms with E-state index >= 15 is 0 Å². The van der Waals surface area contributed by atoms with Gasteiger partial charge in [0.1, 0.15) is 0 Å². The van der Waals surface area contributed by atoms with Gasteiger partial charge in [-0.15, -0.1) is 0 Å². The van der Waals surface area contributed by atoms with Crippen molar-refractivity contribution in [3.63, 3.8) is 0 Å². The third-order valence-corrected chi connectivity index (χ3v) is 4.49. The highest BCUT2D eigenvalue weighted by atomic mass is 16.3. The van der Waals surface area contributed by atoms with E-state index in [9.17, 15) is 9.90 Å². The van der Waals surface area contributed by atoms with Gasteiger partial charge in [-0.05, 0) is 43.6 Å². The number of nitrogens with zero attached hydrogens (tertiary/aromatic N) is 1. The number of fused-ring (bicyclic) bond motifs is 1. The molecular formula is C21H26N2O2. The summed E-state index contributed by atoms with van der Waals surface area (Å²) in [7, 11) is 0. The lowest BCUT2D eigenvalue weighted by molar-refractivity contribution is 0.0815. The molecule has 0 aromatic heterocycles. The van der Waals surface area contributed by atoms with E-state index in [1.165, 1.54) is 0 Å². The highest BCUT2D eigenvalue weighted by molar-refractivity contribution is 6.02. The van der Waals surface area contributed by atoms with E-state index in [2.05, 4.69) is 16.9 Å². The first kappa shape index (κ1) is 19.0. The van der Waals surface area contributed by atoms with Gasteiger partial charge in [0.05, 0.1) is 12.1 Å².